The number of carbonyl (C=O) groups is 1. The fourth-order valence-electron chi connectivity index (χ4n) is 1.89. The van der Waals surface area contributed by atoms with Gasteiger partial charge in [0.25, 0.3) is 0 Å². The van der Waals surface area contributed by atoms with Crippen molar-refractivity contribution in [1.82, 2.24) is 9.55 Å². The normalized spacial score (nSPS) is 12.1. The average Bonchev–Trinajstić information content (AvgIpc) is 2.83. The highest BCUT2D eigenvalue weighted by Gasteiger charge is 2.12. The lowest BCUT2D eigenvalue weighted by Crippen LogP contribution is -2.22. The number of hydrogen-bond donors (Lipinski definition) is 3. The van der Waals surface area contributed by atoms with Crippen LogP contribution >= 0.6 is 0 Å². The summed E-state index contributed by atoms with van der Waals surface area (Å²) in [5.74, 6) is -0.996. The molecular formula is C13H16N4O2. The smallest absolute Gasteiger partial charge is 0.337 e. The fourth-order valence-corrected chi connectivity index (χ4v) is 1.89. The van der Waals surface area contributed by atoms with E-state index in [9.17, 15) is 4.79 Å². The van der Waals surface area contributed by atoms with Crippen molar-refractivity contribution in [3.05, 3.63) is 42.5 Å². The minimum Gasteiger partial charge on any atom is -0.478 e. The van der Waals surface area contributed by atoms with Crippen LogP contribution in [0.1, 0.15) is 17.3 Å². The molecule has 0 saturated carbocycles. The average molecular weight is 260 g/mol. The molecule has 6 heteroatoms. The molecule has 100 valence electrons. The zero-order chi connectivity index (χ0) is 13.8. The van der Waals surface area contributed by atoms with E-state index in [4.69, 9.17) is 10.8 Å². The molecule has 4 N–H and O–H groups in total. The summed E-state index contributed by atoms with van der Waals surface area (Å²) >= 11 is 0. The second kappa shape index (κ2) is 5.43. The minimum atomic E-state index is -0.996. The quantitative estimate of drug-likeness (QED) is 0.711. The van der Waals surface area contributed by atoms with Crippen LogP contribution in [0.15, 0.2) is 36.9 Å². The first-order valence-electron chi connectivity index (χ1n) is 5.91. The van der Waals surface area contributed by atoms with Gasteiger partial charge < -0.3 is 20.7 Å². The first-order valence-corrected chi connectivity index (χ1v) is 5.91. The Morgan fingerprint density at radius 2 is 2.37 bits per heavy atom. The number of rotatable bonds is 5. The van der Waals surface area contributed by atoms with Gasteiger partial charge in [-0.1, -0.05) is 0 Å². The maximum absolute atomic E-state index is 11.2. The van der Waals surface area contributed by atoms with Crippen LogP contribution in [0.25, 0.3) is 0 Å². The highest BCUT2D eigenvalue weighted by atomic mass is 16.4. The lowest BCUT2D eigenvalue weighted by atomic mass is 10.1. The zero-order valence-electron chi connectivity index (χ0n) is 10.6. The van der Waals surface area contributed by atoms with Crippen molar-refractivity contribution in [2.75, 3.05) is 11.1 Å². The summed E-state index contributed by atoms with van der Waals surface area (Å²) in [7, 11) is 0. The Bertz CT molecular complexity index is 566. The number of nitrogens with one attached hydrogen (secondary N) is 1. The number of carboxylic acids is 1. The van der Waals surface area contributed by atoms with Crippen molar-refractivity contribution in [1.29, 1.82) is 0 Å². The summed E-state index contributed by atoms with van der Waals surface area (Å²) in [5, 5.41) is 12.3. The van der Waals surface area contributed by atoms with Crippen LogP contribution in [-0.4, -0.2) is 26.7 Å². The highest BCUT2D eigenvalue weighted by molar-refractivity contribution is 5.95. The number of aromatic carboxylic acids is 1. The summed E-state index contributed by atoms with van der Waals surface area (Å²) in [6.07, 6.45) is 5.29. The van der Waals surface area contributed by atoms with Crippen molar-refractivity contribution in [3.63, 3.8) is 0 Å². The third kappa shape index (κ3) is 3.25. The summed E-state index contributed by atoms with van der Waals surface area (Å²) in [5.41, 5.74) is 6.78. The molecule has 0 aliphatic carbocycles. The van der Waals surface area contributed by atoms with Crippen LogP contribution < -0.4 is 11.1 Å². The Labute approximate surface area is 110 Å². The van der Waals surface area contributed by atoms with Crippen molar-refractivity contribution in [2.24, 2.45) is 0 Å². The summed E-state index contributed by atoms with van der Waals surface area (Å²) < 4.78 is 1.93. The van der Waals surface area contributed by atoms with Gasteiger partial charge in [0.05, 0.1) is 11.9 Å². The summed E-state index contributed by atoms with van der Waals surface area (Å²) in [6.45, 7) is 2.67. The molecule has 1 aromatic heterocycles. The number of imidazole rings is 1. The molecule has 0 spiro atoms. The van der Waals surface area contributed by atoms with Crippen LogP contribution in [0.5, 0.6) is 0 Å². The van der Waals surface area contributed by atoms with E-state index in [1.165, 1.54) is 6.07 Å². The molecule has 2 rings (SSSR count). The van der Waals surface area contributed by atoms with Crippen molar-refractivity contribution in [3.8, 4) is 0 Å². The monoisotopic (exact) mass is 260 g/mol. The van der Waals surface area contributed by atoms with Crippen LogP contribution in [0.3, 0.4) is 0 Å². The van der Waals surface area contributed by atoms with Crippen LogP contribution in [0, 0.1) is 0 Å². The van der Waals surface area contributed by atoms with Gasteiger partial charge in [0.15, 0.2) is 0 Å². The van der Waals surface area contributed by atoms with Crippen molar-refractivity contribution >= 4 is 17.3 Å². The molecule has 0 radical (unpaired) electrons. The van der Waals surface area contributed by atoms with Gasteiger partial charge in [0.2, 0.25) is 0 Å². The Hall–Kier alpha value is -2.50. The highest BCUT2D eigenvalue weighted by Crippen LogP contribution is 2.20. The number of nitrogen functional groups attached to an aromatic ring is 1. The molecule has 1 unspecified atom stereocenters. The van der Waals surface area contributed by atoms with Gasteiger partial charge in [-0.15, -0.1) is 0 Å². The molecule has 19 heavy (non-hydrogen) atoms. The van der Waals surface area contributed by atoms with Gasteiger partial charge >= 0.3 is 5.97 Å². The topological polar surface area (TPSA) is 93.2 Å². The molecule has 2 aromatic rings. The molecule has 0 saturated heterocycles. The van der Waals surface area contributed by atoms with E-state index in [-0.39, 0.29) is 11.6 Å². The van der Waals surface area contributed by atoms with Crippen LogP contribution in [0.4, 0.5) is 11.4 Å². The molecule has 0 bridgehead atoms. The van der Waals surface area contributed by atoms with Gasteiger partial charge in [0, 0.05) is 36.4 Å². The third-order valence-electron chi connectivity index (χ3n) is 2.72. The Morgan fingerprint density at radius 3 is 3.00 bits per heavy atom. The molecule has 0 aliphatic heterocycles. The summed E-state index contributed by atoms with van der Waals surface area (Å²) in [4.78, 5) is 15.1. The number of nitrogens with zero attached hydrogens (tertiary/aromatic N) is 2. The van der Waals surface area contributed by atoms with E-state index in [1.54, 1.807) is 24.7 Å². The van der Waals surface area contributed by atoms with Crippen LogP contribution in [0.2, 0.25) is 0 Å². The second-order valence-electron chi connectivity index (χ2n) is 4.42. The minimum absolute atomic E-state index is 0.0657. The predicted molar refractivity (Wildman–Crippen MR) is 73.1 cm³/mol. The van der Waals surface area contributed by atoms with E-state index < -0.39 is 5.97 Å². The van der Waals surface area contributed by atoms with Crippen molar-refractivity contribution < 1.29 is 9.90 Å². The Balaban J connectivity index is 2.12. The first kappa shape index (κ1) is 12.9. The van der Waals surface area contributed by atoms with Gasteiger partial charge in [-0.2, -0.15) is 0 Å². The van der Waals surface area contributed by atoms with Gasteiger partial charge in [0.1, 0.15) is 0 Å². The van der Waals surface area contributed by atoms with E-state index in [0.717, 1.165) is 0 Å². The van der Waals surface area contributed by atoms with Crippen LogP contribution in [-0.2, 0) is 6.54 Å². The number of hydrogen-bond acceptors (Lipinski definition) is 4. The first-order chi connectivity index (χ1) is 9.06. The predicted octanol–water partition coefficient (Wildman–Crippen LogP) is 1.66. The van der Waals surface area contributed by atoms with Gasteiger partial charge in [-0.3, -0.25) is 0 Å². The molecule has 6 nitrogen and oxygen atoms in total. The number of benzene rings is 1. The largest absolute Gasteiger partial charge is 0.478 e. The zero-order valence-corrected chi connectivity index (χ0v) is 10.6. The molecular weight excluding hydrogens is 244 g/mol. The van der Waals surface area contributed by atoms with Gasteiger partial charge in [-0.25, -0.2) is 9.78 Å². The molecule has 1 aromatic carbocycles. The number of anilines is 2. The van der Waals surface area contributed by atoms with E-state index in [2.05, 4.69) is 10.3 Å². The maximum Gasteiger partial charge on any atom is 0.337 e. The number of nitrogens with two attached hydrogens (primary N) is 1. The number of carboxylic acid groups (broad SMARTS) is 1. The standard InChI is InChI=1S/C13H16N4O2/c1-9(7-17-5-4-15-8-17)16-12-3-2-10(14)6-11(12)13(18)19/h2-6,8-9,16H,7,14H2,1H3,(H,18,19). The molecule has 1 atom stereocenters. The fraction of sp³-hybridized carbons (Fsp3) is 0.231. The van der Waals surface area contributed by atoms with Crippen molar-refractivity contribution in [2.45, 2.75) is 19.5 Å². The van der Waals surface area contributed by atoms with E-state index in [1.807, 2.05) is 17.7 Å². The van der Waals surface area contributed by atoms with Gasteiger partial charge in [-0.05, 0) is 25.1 Å². The maximum atomic E-state index is 11.2. The lowest BCUT2D eigenvalue weighted by molar-refractivity contribution is 0.0698. The Kier molecular flexibility index (Phi) is 3.70. The lowest BCUT2D eigenvalue weighted by Gasteiger charge is -2.17. The van der Waals surface area contributed by atoms with E-state index in [0.29, 0.717) is 17.9 Å². The second-order valence-corrected chi connectivity index (χ2v) is 4.42. The van der Waals surface area contributed by atoms with E-state index >= 15 is 0 Å². The number of aromatic nitrogens is 2. The molecule has 0 aliphatic rings. The third-order valence-corrected chi connectivity index (χ3v) is 2.72. The molecule has 0 fully saturated rings. The summed E-state index contributed by atoms with van der Waals surface area (Å²) in [6, 6.07) is 4.88. The molecule has 0 amide bonds. The SMILES string of the molecule is CC(Cn1ccnc1)Nc1ccc(N)cc1C(=O)O. The molecule has 1 heterocycles. The Morgan fingerprint density at radius 1 is 1.58 bits per heavy atom.